The number of hydrogen-bond donors (Lipinski definition) is 0. The van der Waals surface area contributed by atoms with Crippen LogP contribution in [0.25, 0.3) is 0 Å². The Bertz CT molecular complexity index is 228. The number of rotatable bonds is 0. The third-order valence-electron chi connectivity index (χ3n) is 0.984. The number of benzene rings is 1. The molecule has 0 aliphatic carbocycles. The molecule has 0 atom stereocenters. The maximum atomic E-state index is 12.2. The van der Waals surface area contributed by atoms with Gasteiger partial charge in [-0.15, -0.1) is 6.07 Å². The summed E-state index contributed by atoms with van der Waals surface area (Å²) in [6.45, 7) is 3.42. The van der Waals surface area contributed by atoms with Crippen molar-refractivity contribution in [2.45, 2.75) is 0 Å². The van der Waals surface area contributed by atoms with E-state index in [1.165, 1.54) is 6.07 Å². The van der Waals surface area contributed by atoms with Crippen LogP contribution >= 0.6 is 0 Å². The summed E-state index contributed by atoms with van der Waals surface area (Å²) in [7, 11) is 0. The smallest absolute Gasteiger partial charge is 1.00 e. The molecule has 0 bridgehead atoms. The molecule has 0 aromatic heterocycles. The van der Waals surface area contributed by atoms with Gasteiger partial charge in [-0.1, -0.05) is 6.07 Å². The molecular formula is C7H5ClF2Zn. The second-order valence-corrected chi connectivity index (χ2v) is 1.75. The molecule has 11 heavy (non-hydrogen) atoms. The van der Waals surface area contributed by atoms with Crippen molar-refractivity contribution in [1.82, 2.24) is 0 Å². The molecule has 0 fully saturated rings. The molecule has 0 saturated carbocycles. The van der Waals surface area contributed by atoms with E-state index >= 15 is 0 Å². The fourth-order valence-corrected chi connectivity index (χ4v) is 0.540. The van der Waals surface area contributed by atoms with E-state index in [2.05, 4.69) is 6.92 Å². The van der Waals surface area contributed by atoms with Gasteiger partial charge in [-0.3, -0.25) is 0 Å². The van der Waals surface area contributed by atoms with Crippen LogP contribution in [0.5, 0.6) is 0 Å². The van der Waals surface area contributed by atoms with Crippen molar-refractivity contribution in [2.75, 3.05) is 0 Å². The van der Waals surface area contributed by atoms with Gasteiger partial charge in [-0.25, -0.2) is 8.78 Å². The van der Waals surface area contributed by atoms with Crippen molar-refractivity contribution in [2.24, 2.45) is 0 Å². The van der Waals surface area contributed by atoms with E-state index in [0.29, 0.717) is 5.56 Å². The Hall–Kier alpha value is -0.137. The molecule has 0 heterocycles. The molecule has 1 aromatic carbocycles. The van der Waals surface area contributed by atoms with E-state index in [-0.39, 0.29) is 31.9 Å². The van der Waals surface area contributed by atoms with Gasteiger partial charge in [0, 0.05) is 0 Å². The molecule has 4 heteroatoms. The summed E-state index contributed by atoms with van der Waals surface area (Å²) in [5, 5.41) is 0. The number of hydrogen-bond acceptors (Lipinski definition) is 0. The van der Waals surface area contributed by atoms with E-state index < -0.39 is 11.6 Å². The summed E-state index contributed by atoms with van der Waals surface area (Å²) in [4.78, 5) is 0. The number of halogens is 3. The quantitative estimate of drug-likeness (QED) is 0.400. The fraction of sp³-hybridized carbons (Fsp3) is 0. The largest absolute Gasteiger partial charge is 2.00 e. The predicted molar refractivity (Wildman–Crippen MR) is 30.8 cm³/mol. The van der Waals surface area contributed by atoms with Crippen LogP contribution in [0.1, 0.15) is 5.56 Å². The molecule has 56 valence electrons. The van der Waals surface area contributed by atoms with Gasteiger partial charge in [-0.05, 0) is 0 Å². The van der Waals surface area contributed by atoms with E-state index in [4.69, 9.17) is 0 Å². The van der Waals surface area contributed by atoms with Crippen molar-refractivity contribution in [3.8, 4) is 0 Å². The second kappa shape index (κ2) is 5.51. The van der Waals surface area contributed by atoms with Crippen LogP contribution in [-0.4, -0.2) is 0 Å². The van der Waals surface area contributed by atoms with E-state index in [1.54, 1.807) is 0 Å². The maximum Gasteiger partial charge on any atom is 2.00 e. The summed E-state index contributed by atoms with van der Waals surface area (Å²) in [6, 6.07) is 3.52. The second-order valence-electron chi connectivity index (χ2n) is 1.75. The van der Waals surface area contributed by atoms with Gasteiger partial charge in [0.2, 0.25) is 0 Å². The molecule has 0 aliphatic rings. The van der Waals surface area contributed by atoms with Crippen molar-refractivity contribution in [1.29, 1.82) is 0 Å². The van der Waals surface area contributed by atoms with Gasteiger partial charge in [0.05, 0.1) is 0 Å². The minimum atomic E-state index is -0.845. The molecule has 0 N–H and O–H groups in total. The zero-order valence-electron chi connectivity index (χ0n) is 5.78. The van der Waals surface area contributed by atoms with Crippen LogP contribution in [0, 0.1) is 18.6 Å². The Morgan fingerprint density at radius 2 is 1.64 bits per heavy atom. The summed E-state index contributed by atoms with van der Waals surface area (Å²) < 4.78 is 24.3. The molecule has 0 nitrogen and oxygen atoms in total. The summed E-state index contributed by atoms with van der Waals surface area (Å²) in [6.07, 6.45) is 0. The Kier molecular flexibility index (Phi) is 6.73. The fourth-order valence-electron chi connectivity index (χ4n) is 0.540. The summed E-state index contributed by atoms with van der Waals surface area (Å²) >= 11 is 0. The Labute approximate surface area is 83.2 Å². The van der Waals surface area contributed by atoms with E-state index in [9.17, 15) is 8.78 Å². The Morgan fingerprint density at radius 1 is 1.09 bits per heavy atom. The minimum absolute atomic E-state index is 0. The average molecular weight is 228 g/mol. The van der Waals surface area contributed by atoms with Crippen molar-refractivity contribution in [3.63, 3.8) is 0 Å². The van der Waals surface area contributed by atoms with Gasteiger partial charge >= 0.3 is 19.5 Å². The Morgan fingerprint density at radius 3 is 2.00 bits per heavy atom. The zero-order valence-corrected chi connectivity index (χ0v) is 9.50. The topological polar surface area (TPSA) is 0 Å². The SMILES string of the molecule is [CH2-]c1ccc(F)c(F)c1.[Cl-].[Zn+2]. The first-order valence-corrected chi connectivity index (χ1v) is 2.47. The van der Waals surface area contributed by atoms with Crippen molar-refractivity contribution >= 4 is 0 Å². The average Bonchev–Trinajstić information content (AvgIpc) is 1.80. The van der Waals surface area contributed by atoms with Crippen LogP contribution < -0.4 is 12.4 Å². The molecule has 0 saturated heterocycles. The first-order chi connectivity index (χ1) is 4.20. The monoisotopic (exact) mass is 226 g/mol. The molecule has 0 unspecified atom stereocenters. The third kappa shape index (κ3) is 3.69. The Balaban J connectivity index is 0. The molecule has 0 amide bonds. The van der Waals surface area contributed by atoms with E-state index in [0.717, 1.165) is 12.1 Å². The first kappa shape index (κ1) is 13.5. The molecule has 0 spiro atoms. The van der Waals surface area contributed by atoms with Gasteiger partial charge in [0.25, 0.3) is 0 Å². The van der Waals surface area contributed by atoms with Gasteiger partial charge in [0.1, 0.15) is 11.6 Å². The van der Waals surface area contributed by atoms with Crippen LogP contribution in [0.3, 0.4) is 0 Å². The van der Waals surface area contributed by atoms with Crippen LogP contribution in [-0.2, 0) is 19.5 Å². The third-order valence-corrected chi connectivity index (χ3v) is 0.984. The van der Waals surface area contributed by atoms with Crippen molar-refractivity contribution < 1.29 is 40.7 Å². The van der Waals surface area contributed by atoms with Crippen LogP contribution in [0.15, 0.2) is 18.2 Å². The van der Waals surface area contributed by atoms with Crippen LogP contribution in [0.4, 0.5) is 8.78 Å². The van der Waals surface area contributed by atoms with Crippen molar-refractivity contribution in [3.05, 3.63) is 42.3 Å². The molecule has 0 radical (unpaired) electrons. The molecular weight excluding hydrogens is 223 g/mol. The normalized spacial score (nSPS) is 7.82. The summed E-state index contributed by atoms with van der Waals surface area (Å²) in [5.74, 6) is -1.68. The standard InChI is InChI=1S/C7H5F2.ClH.Zn/c1-5-2-3-6(8)7(9)4-5;;/h2-4H,1H2;1H;/q-1;;+2/p-1. The molecule has 1 rings (SSSR count). The zero-order chi connectivity index (χ0) is 6.85. The predicted octanol–water partition coefficient (Wildman–Crippen LogP) is -0.852. The van der Waals surface area contributed by atoms with Gasteiger partial charge in [0.15, 0.2) is 0 Å². The molecule has 1 aromatic rings. The molecule has 0 aliphatic heterocycles. The summed E-state index contributed by atoms with van der Waals surface area (Å²) in [5.41, 5.74) is 0.480. The minimum Gasteiger partial charge on any atom is -1.00 e. The maximum absolute atomic E-state index is 12.2. The first-order valence-electron chi connectivity index (χ1n) is 2.47. The van der Waals surface area contributed by atoms with Gasteiger partial charge < -0.3 is 12.4 Å². The van der Waals surface area contributed by atoms with Gasteiger partial charge in [-0.2, -0.15) is 18.6 Å². The van der Waals surface area contributed by atoms with Crippen LogP contribution in [0.2, 0.25) is 0 Å². The van der Waals surface area contributed by atoms with E-state index in [1.807, 2.05) is 0 Å².